The number of hydrogen-bond acceptors (Lipinski definition) is 3. The quantitative estimate of drug-likeness (QED) is 0.454. The maximum atomic E-state index is 12.2. The molecule has 0 amide bonds. The number of esters is 1. The Morgan fingerprint density at radius 2 is 1.69 bits per heavy atom. The number of ether oxygens (including phenoxy) is 1. The van der Waals surface area contributed by atoms with Gasteiger partial charge >= 0.3 is 5.97 Å². The Morgan fingerprint density at radius 1 is 1.00 bits per heavy atom. The molecular formula is C28H32N2O2. The van der Waals surface area contributed by atoms with Gasteiger partial charge in [-0.3, -0.25) is 4.90 Å². The SMILES string of the molecule is COC(=O)[C@H](Cc1ccc(/C=C/CN2CCC(c3ccccc3)CC2)cc1)n1cccc1. The van der Waals surface area contributed by atoms with E-state index in [0.29, 0.717) is 12.3 Å². The summed E-state index contributed by atoms with van der Waals surface area (Å²) in [7, 11) is 1.44. The van der Waals surface area contributed by atoms with E-state index >= 15 is 0 Å². The van der Waals surface area contributed by atoms with E-state index in [1.807, 2.05) is 29.1 Å². The first-order valence-corrected chi connectivity index (χ1v) is 11.5. The Kier molecular flexibility index (Phi) is 7.57. The van der Waals surface area contributed by atoms with Crippen LogP contribution in [0.1, 0.15) is 41.5 Å². The lowest BCUT2D eigenvalue weighted by molar-refractivity contribution is -0.144. The number of carbonyl (C=O) groups is 1. The predicted octanol–water partition coefficient (Wildman–Crippen LogP) is 5.34. The van der Waals surface area contributed by atoms with Crippen molar-refractivity contribution in [1.82, 2.24) is 9.47 Å². The fourth-order valence-electron chi connectivity index (χ4n) is 4.50. The normalized spacial score (nSPS) is 16.3. The number of benzene rings is 2. The average molecular weight is 429 g/mol. The minimum Gasteiger partial charge on any atom is -0.467 e. The lowest BCUT2D eigenvalue weighted by Gasteiger charge is -2.31. The van der Waals surface area contributed by atoms with Crippen molar-refractivity contribution in [2.24, 2.45) is 0 Å². The van der Waals surface area contributed by atoms with Crippen molar-refractivity contribution in [3.8, 4) is 0 Å². The summed E-state index contributed by atoms with van der Waals surface area (Å²) in [5, 5.41) is 0. The molecule has 1 aromatic heterocycles. The lowest BCUT2D eigenvalue weighted by Crippen LogP contribution is -2.32. The fraction of sp³-hybridized carbons (Fsp3) is 0.321. The van der Waals surface area contributed by atoms with E-state index in [1.165, 1.54) is 31.1 Å². The second-order valence-corrected chi connectivity index (χ2v) is 8.50. The summed E-state index contributed by atoms with van der Waals surface area (Å²) in [5.41, 5.74) is 3.78. The zero-order valence-corrected chi connectivity index (χ0v) is 18.8. The predicted molar refractivity (Wildman–Crippen MR) is 130 cm³/mol. The number of rotatable bonds is 8. The van der Waals surface area contributed by atoms with Gasteiger partial charge in [-0.1, -0.05) is 66.7 Å². The van der Waals surface area contributed by atoms with Crippen LogP contribution in [0.2, 0.25) is 0 Å². The molecule has 1 saturated heterocycles. The van der Waals surface area contributed by atoms with Gasteiger partial charge in [0.1, 0.15) is 6.04 Å². The van der Waals surface area contributed by atoms with E-state index < -0.39 is 0 Å². The van der Waals surface area contributed by atoms with Crippen molar-refractivity contribution >= 4 is 12.0 Å². The summed E-state index contributed by atoms with van der Waals surface area (Å²) in [4.78, 5) is 14.7. The summed E-state index contributed by atoms with van der Waals surface area (Å²) in [5.74, 6) is 0.477. The van der Waals surface area contributed by atoms with Gasteiger partial charge in [0, 0.05) is 25.4 Å². The van der Waals surface area contributed by atoms with Crippen molar-refractivity contribution in [2.45, 2.75) is 31.2 Å². The maximum absolute atomic E-state index is 12.2. The molecule has 2 aromatic carbocycles. The maximum Gasteiger partial charge on any atom is 0.329 e. The molecule has 3 aromatic rings. The number of likely N-dealkylation sites (tertiary alicyclic amines) is 1. The first-order valence-electron chi connectivity index (χ1n) is 11.5. The van der Waals surface area contributed by atoms with Crippen molar-refractivity contribution in [3.63, 3.8) is 0 Å². The third kappa shape index (κ3) is 5.77. The molecule has 0 bridgehead atoms. The summed E-state index contributed by atoms with van der Waals surface area (Å²) in [6.45, 7) is 3.29. The van der Waals surface area contributed by atoms with Gasteiger partial charge in [-0.25, -0.2) is 4.79 Å². The molecule has 2 heterocycles. The van der Waals surface area contributed by atoms with Crippen LogP contribution in [0.15, 0.2) is 85.2 Å². The van der Waals surface area contributed by atoms with E-state index in [1.54, 1.807) is 0 Å². The van der Waals surface area contributed by atoms with Gasteiger partial charge in [0.05, 0.1) is 7.11 Å². The van der Waals surface area contributed by atoms with Crippen LogP contribution in [-0.4, -0.2) is 42.2 Å². The van der Waals surface area contributed by atoms with Gasteiger partial charge < -0.3 is 9.30 Å². The third-order valence-corrected chi connectivity index (χ3v) is 6.40. The summed E-state index contributed by atoms with van der Waals surface area (Å²) < 4.78 is 6.90. The first-order chi connectivity index (χ1) is 15.7. The van der Waals surface area contributed by atoms with Crippen LogP contribution in [0.5, 0.6) is 0 Å². The molecule has 1 fully saturated rings. The zero-order valence-electron chi connectivity index (χ0n) is 18.8. The molecule has 0 unspecified atom stereocenters. The smallest absolute Gasteiger partial charge is 0.329 e. The van der Waals surface area contributed by atoms with Crippen LogP contribution in [0.3, 0.4) is 0 Å². The Balaban J connectivity index is 1.27. The van der Waals surface area contributed by atoms with Gasteiger partial charge in [0.2, 0.25) is 0 Å². The number of methoxy groups -OCH3 is 1. The van der Waals surface area contributed by atoms with Crippen LogP contribution in [-0.2, 0) is 16.0 Å². The van der Waals surface area contributed by atoms with Gasteiger partial charge in [-0.2, -0.15) is 0 Å². The number of piperidine rings is 1. The van der Waals surface area contributed by atoms with Crippen LogP contribution in [0, 0.1) is 0 Å². The summed E-state index contributed by atoms with van der Waals surface area (Å²) in [6, 6.07) is 22.9. The highest BCUT2D eigenvalue weighted by molar-refractivity contribution is 5.74. The molecule has 4 heteroatoms. The molecule has 0 aliphatic carbocycles. The monoisotopic (exact) mass is 428 g/mol. The number of hydrogen-bond donors (Lipinski definition) is 0. The van der Waals surface area contributed by atoms with Gasteiger partial charge in [-0.15, -0.1) is 0 Å². The minimum absolute atomic E-state index is 0.221. The molecule has 1 atom stereocenters. The Labute approximate surface area is 191 Å². The second-order valence-electron chi connectivity index (χ2n) is 8.50. The Bertz CT molecular complexity index is 986. The van der Waals surface area contributed by atoms with E-state index in [-0.39, 0.29) is 12.0 Å². The molecule has 32 heavy (non-hydrogen) atoms. The molecule has 0 spiro atoms. The first kappa shape index (κ1) is 22.1. The van der Waals surface area contributed by atoms with Crippen LogP contribution in [0.25, 0.3) is 6.08 Å². The van der Waals surface area contributed by atoms with Crippen LogP contribution >= 0.6 is 0 Å². The van der Waals surface area contributed by atoms with Crippen molar-refractivity contribution in [2.75, 3.05) is 26.7 Å². The highest BCUT2D eigenvalue weighted by atomic mass is 16.5. The van der Waals surface area contributed by atoms with Gasteiger partial charge in [0.25, 0.3) is 0 Å². The molecule has 1 aliphatic heterocycles. The molecule has 0 radical (unpaired) electrons. The fourth-order valence-corrected chi connectivity index (χ4v) is 4.50. The van der Waals surface area contributed by atoms with E-state index in [2.05, 4.69) is 71.6 Å². The molecule has 1 aliphatic rings. The third-order valence-electron chi connectivity index (χ3n) is 6.40. The van der Waals surface area contributed by atoms with E-state index in [4.69, 9.17) is 4.74 Å². The highest BCUT2D eigenvalue weighted by Crippen LogP contribution is 2.27. The lowest BCUT2D eigenvalue weighted by atomic mass is 9.89. The number of carbonyl (C=O) groups excluding carboxylic acids is 1. The van der Waals surface area contributed by atoms with Gasteiger partial charge in [0.15, 0.2) is 0 Å². The average Bonchev–Trinajstić information content (AvgIpc) is 3.39. The van der Waals surface area contributed by atoms with Crippen LogP contribution in [0.4, 0.5) is 0 Å². The molecule has 4 rings (SSSR count). The molecule has 4 nitrogen and oxygen atoms in total. The topological polar surface area (TPSA) is 34.5 Å². The van der Waals surface area contributed by atoms with E-state index in [9.17, 15) is 4.79 Å². The molecule has 0 N–H and O–H groups in total. The standard InChI is InChI=1S/C28H32N2O2/c1-32-28(31)27(30-18-5-6-19-30)22-24-13-11-23(12-14-24)8-7-17-29-20-15-26(16-21-29)25-9-3-2-4-10-25/h2-14,18-19,26-27H,15-17,20-22H2,1H3/b8-7+/t27-/m0/s1. The van der Waals surface area contributed by atoms with Crippen molar-refractivity contribution < 1.29 is 9.53 Å². The largest absolute Gasteiger partial charge is 0.467 e. The molecular weight excluding hydrogens is 396 g/mol. The van der Waals surface area contributed by atoms with Crippen molar-refractivity contribution in [3.05, 3.63) is 102 Å². The second kappa shape index (κ2) is 11.0. The molecule has 0 saturated carbocycles. The number of aromatic nitrogens is 1. The summed E-state index contributed by atoms with van der Waals surface area (Å²) >= 11 is 0. The van der Waals surface area contributed by atoms with Crippen LogP contribution < -0.4 is 0 Å². The highest BCUT2D eigenvalue weighted by Gasteiger charge is 2.21. The Morgan fingerprint density at radius 3 is 2.34 bits per heavy atom. The Hall–Kier alpha value is -3.11. The van der Waals surface area contributed by atoms with Crippen molar-refractivity contribution in [1.29, 1.82) is 0 Å². The van der Waals surface area contributed by atoms with E-state index in [0.717, 1.165) is 25.2 Å². The summed E-state index contributed by atoms with van der Waals surface area (Å²) in [6.07, 6.45) is 11.3. The minimum atomic E-state index is -0.338. The number of nitrogens with zero attached hydrogens (tertiary/aromatic N) is 2. The molecule has 166 valence electrons. The zero-order chi connectivity index (χ0) is 22.2. The van der Waals surface area contributed by atoms with Gasteiger partial charge in [-0.05, 0) is 60.7 Å².